The van der Waals surface area contributed by atoms with E-state index in [2.05, 4.69) is 0 Å². The van der Waals surface area contributed by atoms with Gasteiger partial charge in [-0.15, -0.1) is 0 Å². The normalized spacial score (nSPS) is 7.75. The van der Waals surface area contributed by atoms with Gasteiger partial charge in [0.25, 0.3) is 0 Å². The fourth-order valence-electron chi connectivity index (χ4n) is 0.428. The fourth-order valence-corrected chi connectivity index (χ4v) is 0.428. The largest absolute Gasteiger partial charge is 0.508 e. The van der Waals surface area contributed by atoms with E-state index in [1.165, 1.54) is 7.05 Å². The highest BCUT2D eigenvalue weighted by Crippen LogP contribution is 2.02. The van der Waals surface area contributed by atoms with Gasteiger partial charge in [-0.05, 0) is 12.1 Å². The van der Waals surface area contributed by atoms with E-state index in [1.54, 1.807) is 24.3 Å². The van der Waals surface area contributed by atoms with Crippen molar-refractivity contribution in [3.05, 3.63) is 30.3 Å². The van der Waals surface area contributed by atoms with Crippen molar-refractivity contribution in [3.8, 4) is 5.75 Å². The molecule has 0 radical (unpaired) electrons. The number of phenols is 1. The predicted molar refractivity (Wildman–Crippen MR) is 45.2 cm³/mol. The van der Waals surface area contributed by atoms with Crippen LogP contribution in [0.3, 0.4) is 0 Å². The molecule has 4 heteroatoms. The van der Waals surface area contributed by atoms with Crippen LogP contribution >= 0.6 is 0 Å². The predicted octanol–water partition coefficient (Wildman–Crippen LogP) is 1.28. The van der Waals surface area contributed by atoms with Gasteiger partial charge in [-0.2, -0.15) is 0 Å². The molecule has 1 amide bonds. The van der Waals surface area contributed by atoms with E-state index < -0.39 is 6.09 Å². The lowest BCUT2D eigenvalue weighted by Gasteiger charge is -1.82. The highest BCUT2D eigenvalue weighted by atomic mass is 16.4. The van der Waals surface area contributed by atoms with E-state index in [0.29, 0.717) is 5.75 Å². The molecule has 1 rings (SSSR count). The van der Waals surface area contributed by atoms with Gasteiger partial charge in [-0.3, -0.25) is 0 Å². The summed E-state index contributed by atoms with van der Waals surface area (Å²) in [6.45, 7) is 0. The first-order chi connectivity index (χ1) is 5.66. The van der Waals surface area contributed by atoms with Crippen LogP contribution in [0.4, 0.5) is 4.79 Å². The Labute approximate surface area is 70.5 Å². The van der Waals surface area contributed by atoms with Gasteiger partial charge in [-0.25, -0.2) is 4.79 Å². The molecule has 0 saturated heterocycles. The SMILES string of the molecule is CNC(=O)O.Oc1ccccc1. The van der Waals surface area contributed by atoms with Crippen molar-refractivity contribution in [3.63, 3.8) is 0 Å². The van der Waals surface area contributed by atoms with Crippen molar-refractivity contribution < 1.29 is 15.0 Å². The molecular formula is C8H11NO3. The van der Waals surface area contributed by atoms with Gasteiger partial charge in [-0.1, -0.05) is 18.2 Å². The molecule has 0 aliphatic heterocycles. The zero-order valence-electron chi connectivity index (χ0n) is 6.69. The van der Waals surface area contributed by atoms with Crippen LogP contribution in [0.2, 0.25) is 0 Å². The zero-order chi connectivity index (χ0) is 9.40. The standard InChI is InChI=1S/C6H6O.C2H5NO2/c7-6-4-2-1-3-5-6;1-3-2(4)5/h1-5,7H;3H,1H3,(H,4,5). The number of carbonyl (C=O) groups is 1. The number of nitrogens with one attached hydrogen (secondary N) is 1. The van der Waals surface area contributed by atoms with Crippen molar-refractivity contribution in [2.75, 3.05) is 7.05 Å². The van der Waals surface area contributed by atoms with Crippen LogP contribution in [0.5, 0.6) is 5.75 Å². The lowest BCUT2D eigenvalue weighted by molar-refractivity contribution is 0.197. The van der Waals surface area contributed by atoms with E-state index in [0.717, 1.165) is 0 Å². The molecule has 0 atom stereocenters. The van der Waals surface area contributed by atoms with Gasteiger partial charge in [0.15, 0.2) is 0 Å². The Morgan fingerprint density at radius 3 is 1.92 bits per heavy atom. The smallest absolute Gasteiger partial charge is 0.404 e. The van der Waals surface area contributed by atoms with Crippen LogP contribution in [-0.2, 0) is 0 Å². The van der Waals surface area contributed by atoms with Crippen molar-refractivity contribution in [2.24, 2.45) is 0 Å². The van der Waals surface area contributed by atoms with E-state index in [4.69, 9.17) is 10.2 Å². The molecule has 1 aromatic rings. The highest BCUT2D eigenvalue weighted by Gasteiger charge is 1.77. The van der Waals surface area contributed by atoms with Crippen molar-refractivity contribution >= 4 is 6.09 Å². The molecule has 0 saturated carbocycles. The molecule has 0 heterocycles. The average molecular weight is 169 g/mol. The van der Waals surface area contributed by atoms with Gasteiger partial charge in [0, 0.05) is 7.05 Å². The summed E-state index contributed by atoms with van der Waals surface area (Å²) in [6, 6.07) is 8.71. The fraction of sp³-hybridized carbons (Fsp3) is 0.125. The van der Waals surface area contributed by atoms with Gasteiger partial charge in [0.2, 0.25) is 0 Å². The number of phenolic OH excluding ortho intramolecular Hbond substituents is 1. The van der Waals surface area contributed by atoms with Gasteiger partial charge >= 0.3 is 6.09 Å². The van der Waals surface area contributed by atoms with Crippen LogP contribution in [0.1, 0.15) is 0 Å². The third-order valence-electron chi connectivity index (χ3n) is 0.970. The summed E-state index contributed by atoms with van der Waals surface area (Å²) in [5.41, 5.74) is 0. The summed E-state index contributed by atoms with van der Waals surface area (Å²) >= 11 is 0. The minimum atomic E-state index is -0.995. The molecule has 0 unspecified atom stereocenters. The quantitative estimate of drug-likeness (QED) is 0.547. The molecule has 0 bridgehead atoms. The molecule has 0 aliphatic carbocycles. The third-order valence-corrected chi connectivity index (χ3v) is 0.970. The molecule has 0 aliphatic rings. The Hall–Kier alpha value is -1.71. The first-order valence-electron chi connectivity index (χ1n) is 3.31. The molecule has 1 aromatic carbocycles. The first kappa shape index (κ1) is 10.3. The molecule has 0 spiro atoms. The number of benzene rings is 1. The average Bonchev–Trinajstić information content (AvgIpc) is 2.07. The topological polar surface area (TPSA) is 69.6 Å². The second-order valence-corrected chi connectivity index (χ2v) is 1.89. The second kappa shape index (κ2) is 6.03. The van der Waals surface area contributed by atoms with E-state index >= 15 is 0 Å². The maximum Gasteiger partial charge on any atom is 0.404 e. The molecule has 3 N–H and O–H groups in total. The highest BCUT2D eigenvalue weighted by molar-refractivity contribution is 5.63. The van der Waals surface area contributed by atoms with Crippen LogP contribution in [0.15, 0.2) is 30.3 Å². The molecule has 4 nitrogen and oxygen atoms in total. The number of rotatable bonds is 0. The maximum atomic E-state index is 9.26. The Kier molecular flexibility index (Phi) is 5.17. The summed E-state index contributed by atoms with van der Waals surface area (Å²) < 4.78 is 0. The Morgan fingerprint density at radius 2 is 1.75 bits per heavy atom. The van der Waals surface area contributed by atoms with Gasteiger partial charge in [0.1, 0.15) is 5.75 Å². The molecule has 66 valence electrons. The van der Waals surface area contributed by atoms with E-state index in [-0.39, 0.29) is 0 Å². The maximum absolute atomic E-state index is 9.26. The van der Waals surface area contributed by atoms with Crippen molar-refractivity contribution in [1.82, 2.24) is 5.32 Å². The number of hydrogen-bond acceptors (Lipinski definition) is 2. The second-order valence-electron chi connectivity index (χ2n) is 1.89. The Balaban J connectivity index is 0.000000217. The number of amides is 1. The summed E-state index contributed by atoms with van der Waals surface area (Å²) in [4.78, 5) is 9.26. The molecular weight excluding hydrogens is 158 g/mol. The lowest BCUT2D eigenvalue weighted by Crippen LogP contribution is -2.13. The third kappa shape index (κ3) is 6.41. The molecule has 0 aromatic heterocycles. The van der Waals surface area contributed by atoms with Crippen LogP contribution in [0.25, 0.3) is 0 Å². The first-order valence-corrected chi connectivity index (χ1v) is 3.31. The summed E-state index contributed by atoms with van der Waals surface area (Å²) in [5.74, 6) is 0.322. The van der Waals surface area contributed by atoms with Crippen molar-refractivity contribution in [2.45, 2.75) is 0 Å². The van der Waals surface area contributed by atoms with Crippen LogP contribution in [-0.4, -0.2) is 23.4 Å². The zero-order valence-corrected chi connectivity index (χ0v) is 6.69. The Bertz CT molecular complexity index is 223. The minimum absolute atomic E-state index is 0.322. The summed E-state index contributed by atoms with van der Waals surface area (Å²) in [5, 5.41) is 18.2. The van der Waals surface area contributed by atoms with Crippen LogP contribution in [0, 0.1) is 0 Å². The Morgan fingerprint density at radius 1 is 1.33 bits per heavy atom. The van der Waals surface area contributed by atoms with Gasteiger partial charge < -0.3 is 15.5 Å². The van der Waals surface area contributed by atoms with Crippen LogP contribution < -0.4 is 5.32 Å². The lowest BCUT2D eigenvalue weighted by atomic mass is 10.3. The van der Waals surface area contributed by atoms with E-state index in [9.17, 15) is 4.79 Å². The summed E-state index contributed by atoms with van der Waals surface area (Å²) in [7, 11) is 1.35. The number of hydrogen-bond donors (Lipinski definition) is 3. The monoisotopic (exact) mass is 169 g/mol. The van der Waals surface area contributed by atoms with E-state index in [1.807, 2.05) is 11.4 Å². The number of carboxylic acid groups (broad SMARTS) is 1. The molecule has 12 heavy (non-hydrogen) atoms. The van der Waals surface area contributed by atoms with Crippen molar-refractivity contribution in [1.29, 1.82) is 0 Å². The molecule has 0 fully saturated rings. The van der Waals surface area contributed by atoms with Gasteiger partial charge in [0.05, 0.1) is 0 Å². The number of aromatic hydroxyl groups is 1. The number of para-hydroxylation sites is 1. The minimum Gasteiger partial charge on any atom is -0.508 e. The summed E-state index contributed by atoms with van der Waals surface area (Å²) in [6.07, 6.45) is -0.995.